The number of carbonyl (C=O) groups is 3. The molecule has 0 radical (unpaired) electrons. The summed E-state index contributed by atoms with van der Waals surface area (Å²) in [4.78, 5) is 42.7. The van der Waals surface area contributed by atoms with Crippen LogP contribution >= 0.6 is 0 Å². The van der Waals surface area contributed by atoms with Crippen molar-refractivity contribution < 1.29 is 24.2 Å². The van der Waals surface area contributed by atoms with Crippen molar-refractivity contribution in [3.8, 4) is 0 Å². The first-order valence-electron chi connectivity index (χ1n) is 13.1. The van der Waals surface area contributed by atoms with E-state index < -0.39 is 35.1 Å². The van der Waals surface area contributed by atoms with Gasteiger partial charge in [-0.05, 0) is 44.9 Å². The molecule has 2 unspecified atom stereocenters. The number of ether oxygens (including phenoxy) is 1. The fourth-order valence-electron chi connectivity index (χ4n) is 7.05. The predicted molar refractivity (Wildman–Crippen MR) is 123 cm³/mol. The Morgan fingerprint density at radius 1 is 1.15 bits per heavy atom. The predicted octanol–water partition coefficient (Wildman–Crippen LogP) is 1.89. The van der Waals surface area contributed by atoms with Gasteiger partial charge in [-0.1, -0.05) is 40.0 Å². The van der Waals surface area contributed by atoms with Gasteiger partial charge in [0.2, 0.25) is 17.7 Å². The summed E-state index contributed by atoms with van der Waals surface area (Å²) in [5, 5.41) is 16.3. The lowest BCUT2D eigenvalue weighted by atomic mass is 9.65. The van der Waals surface area contributed by atoms with Crippen molar-refractivity contribution in [1.29, 1.82) is 0 Å². The molecule has 4 fully saturated rings. The summed E-state index contributed by atoms with van der Waals surface area (Å²) in [7, 11) is 0. The lowest BCUT2D eigenvalue weighted by Crippen LogP contribution is -2.59. The molecule has 8 heteroatoms. The summed E-state index contributed by atoms with van der Waals surface area (Å²) in [6.45, 7) is 6.24. The number of nitrogens with zero attached hydrogens (tertiary/aromatic N) is 1. The Kier molecular flexibility index (Phi) is 7.06. The van der Waals surface area contributed by atoms with Crippen LogP contribution in [-0.4, -0.2) is 70.2 Å². The number of fused-ring (bicyclic) bond motifs is 1. The van der Waals surface area contributed by atoms with Crippen LogP contribution in [0.4, 0.5) is 0 Å². The number of nitrogens with one attached hydrogen (secondary N) is 2. The minimum atomic E-state index is -1.01. The van der Waals surface area contributed by atoms with Gasteiger partial charge in [0.25, 0.3) is 0 Å². The van der Waals surface area contributed by atoms with E-state index in [2.05, 4.69) is 10.6 Å². The zero-order chi connectivity index (χ0) is 23.8. The summed E-state index contributed by atoms with van der Waals surface area (Å²) >= 11 is 0. The Labute approximate surface area is 197 Å². The topological polar surface area (TPSA) is 108 Å². The van der Waals surface area contributed by atoms with Crippen LogP contribution < -0.4 is 10.6 Å². The first kappa shape index (κ1) is 24.5. The summed E-state index contributed by atoms with van der Waals surface area (Å²) in [5.74, 6) is -1.85. The highest BCUT2D eigenvalue weighted by Crippen LogP contribution is 2.64. The van der Waals surface area contributed by atoms with Crippen LogP contribution in [0.15, 0.2) is 0 Å². The second-order valence-electron chi connectivity index (χ2n) is 10.5. The SMILES string of the molecule is CCCNC(=O)[C@@H]1[C@H]2C(=O)N([C@@H](CC)CO)C(C(=O)NC3CCCCC3)C23CC[C@@]1(CC)O3. The molecule has 3 saturated heterocycles. The maximum Gasteiger partial charge on any atom is 0.246 e. The quantitative estimate of drug-likeness (QED) is 0.484. The number of amides is 3. The average Bonchev–Trinajstić information content (AvgIpc) is 3.43. The average molecular weight is 464 g/mol. The van der Waals surface area contributed by atoms with E-state index in [0.29, 0.717) is 32.2 Å². The van der Waals surface area contributed by atoms with E-state index in [9.17, 15) is 19.5 Å². The molecule has 8 nitrogen and oxygen atoms in total. The molecule has 2 bridgehead atoms. The lowest BCUT2D eigenvalue weighted by molar-refractivity contribution is -0.151. The van der Waals surface area contributed by atoms with E-state index in [1.807, 2.05) is 20.8 Å². The number of hydrogen-bond acceptors (Lipinski definition) is 5. The highest BCUT2D eigenvalue weighted by atomic mass is 16.5. The fraction of sp³-hybridized carbons (Fsp3) is 0.880. The van der Waals surface area contributed by atoms with Gasteiger partial charge in [0.15, 0.2) is 0 Å². The van der Waals surface area contributed by atoms with Crippen molar-refractivity contribution in [3.63, 3.8) is 0 Å². The molecule has 1 spiro atoms. The Morgan fingerprint density at radius 2 is 1.88 bits per heavy atom. The fourth-order valence-corrected chi connectivity index (χ4v) is 7.05. The molecule has 0 aromatic carbocycles. The van der Waals surface area contributed by atoms with Crippen molar-refractivity contribution in [3.05, 3.63) is 0 Å². The van der Waals surface area contributed by atoms with Gasteiger partial charge in [-0.15, -0.1) is 0 Å². The number of aliphatic hydroxyl groups excluding tert-OH is 1. The molecule has 4 rings (SSSR count). The molecule has 1 saturated carbocycles. The number of carbonyl (C=O) groups excluding carboxylic acids is 3. The molecule has 33 heavy (non-hydrogen) atoms. The zero-order valence-corrected chi connectivity index (χ0v) is 20.4. The number of rotatable bonds is 9. The molecule has 3 aliphatic heterocycles. The van der Waals surface area contributed by atoms with Crippen molar-refractivity contribution in [2.45, 2.75) is 114 Å². The first-order valence-corrected chi connectivity index (χ1v) is 13.1. The summed E-state index contributed by atoms with van der Waals surface area (Å²) in [5.41, 5.74) is -1.73. The summed E-state index contributed by atoms with van der Waals surface area (Å²) in [6, 6.07) is -1.18. The van der Waals surface area contributed by atoms with E-state index >= 15 is 0 Å². The van der Waals surface area contributed by atoms with Crippen molar-refractivity contribution in [1.82, 2.24) is 15.5 Å². The van der Waals surface area contributed by atoms with E-state index in [4.69, 9.17) is 4.74 Å². The van der Waals surface area contributed by atoms with Crippen LogP contribution in [0.25, 0.3) is 0 Å². The molecule has 3 amide bonds. The number of hydrogen-bond donors (Lipinski definition) is 3. The second kappa shape index (κ2) is 9.53. The van der Waals surface area contributed by atoms with Gasteiger partial charge in [0, 0.05) is 12.6 Å². The van der Waals surface area contributed by atoms with Crippen LogP contribution in [0.5, 0.6) is 0 Å². The number of likely N-dealkylation sites (tertiary alicyclic amines) is 1. The molecule has 3 N–H and O–H groups in total. The maximum absolute atomic E-state index is 14.0. The lowest BCUT2D eigenvalue weighted by Gasteiger charge is -2.38. The largest absolute Gasteiger partial charge is 0.394 e. The maximum atomic E-state index is 14.0. The molecular formula is C25H41N3O5. The van der Waals surface area contributed by atoms with Gasteiger partial charge in [0.1, 0.15) is 11.6 Å². The van der Waals surface area contributed by atoms with Gasteiger partial charge in [-0.3, -0.25) is 14.4 Å². The van der Waals surface area contributed by atoms with E-state index in [1.54, 1.807) is 4.90 Å². The monoisotopic (exact) mass is 463 g/mol. The minimum absolute atomic E-state index is 0.107. The molecule has 0 aromatic heterocycles. The van der Waals surface area contributed by atoms with Crippen molar-refractivity contribution >= 4 is 17.7 Å². The molecule has 3 heterocycles. The van der Waals surface area contributed by atoms with Gasteiger partial charge in [-0.2, -0.15) is 0 Å². The minimum Gasteiger partial charge on any atom is -0.394 e. The normalized spacial score (nSPS) is 36.7. The third kappa shape index (κ3) is 3.77. The van der Waals surface area contributed by atoms with Crippen LogP contribution in [-0.2, 0) is 19.1 Å². The Hall–Kier alpha value is -1.67. The van der Waals surface area contributed by atoms with Crippen molar-refractivity contribution in [2.75, 3.05) is 13.2 Å². The molecular weight excluding hydrogens is 422 g/mol. The smallest absolute Gasteiger partial charge is 0.246 e. The highest BCUT2D eigenvalue weighted by molar-refractivity contribution is 5.99. The molecule has 4 aliphatic rings. The summed E-state index contributed by atoms with van der Waals surface area (Å²) in [6.07, 6.45) is 8.47. The van der Waals surface area contributed by atoms with Crippen molar-refractivity contribution in [2.24, 2.45) is 11.8 Å². The van der Waals surface area contributed by atoms with Gasteiger partial charge in [-0.25, -0.2) is 0 Å². The molecule has 1 aliphatic carbocycles. The van der Waals surface area contributed by atoms with Gasteiger partial charge >= 0.3 is 0 Å². The van der Waals surface area contributed by atoms with E-state index in [1.165, 1.54) is 6.42 Å². The number of aliphatic hydroxyl groups is 1. The standard InChI is InChI=1S/C25H41N3O5/c1-4-14-26-21(30)18-19-23(32)28(17(5-2)15-29)20(22(31)27-16-10-8-7-9-11-16)25(19)13-12-24(18,6-3)33-25/h16-20,29H,4-15H2,1-3H3,(H,26,30)(H,27,31)/t17-,18-,19-,20?,24+,25?/m0/s1. The zero-order valence-electron chi connectivity index (χ0n) is 20.4. The summed E-state index contributed by atoms with van der Waals surface area (Å²) < 4.78 is 6.73. The Bertz CT molecular complexity index is 765. The Morgan fingerprint density at radius 3 is 2.48 bits per heavy atom. The van der Waals surface area contributed by atoms with Crippen LogP contribution in [0.1, 0.15) is 85.0 Å². The molecule has 186 valence electrons. The second-order valence-corrected chi connectivity index (χ2v) is 10.5. The first-order chi connectivity index (χ1) is 15.9. The highest BCUT2D eigenvalue weighted by Gasteiger charge is 2.79. The Balaban J connectivity index is 1.72. The van der Waals surface area contributed by atoms with E-state index in [0.717, 1.165) is 32.1 Å². The third-order valence-electron chi connectivity index (χ3n) is 8.73. The van der Waals surface area contributed by atoms with E-state index in [-0.39, 0.29) is 30.4 Å². The third-order valence-corrected chi connectivity index (χ3v) is 8.73. The molecule has 0 aromatic rings. The molecule has 6 atom stereocenters. The van der Waals surface area contributed by atoms with Crippen LogP contribution in [0, 0.1) is 11.8 Å². The van der Waals surface area contributed by atoms with Crippen LogP contribution in [0.2, 0.25) is 0 Å². The van der Waals surface area contributed by atoms with Gasteiger partial charge in [0.05, 0.1) is 30.1 Å². The van der Waals surface area contributed by atoms with Gasteiger partial charge < -0.3 is 25.4 Å². The van der Waals surface area contributed by atoms with Crippen LogP contribution in [0.3, 0.4) is 0 Å².